The summed E-state index contributed by atoms with van der Waals surface area (Å²) in [4.78, 5) is 25.0. The second-order valence-corrected chi connectivity index (χ2v) is 7.30. The van der Waals surface area contributed by atoms with E-state index in [9.17, 15) is 9.59 Å². The second kappa shape index (κ2) is 8.04. The van der Waals surface area contributed by atoms with E-state index in [-0.39, 0.29) is 12.1 Å². The highest BCUT2D eigenvalue weighted by Crippen LogP contribution is 2.19. The van der Waals surface area contributed by atoms with E-state index in [4.69, 9.17) is 15.6 Å². The van der Waals surface area contributed by atoms with Gasteiger partial charge in [0.2, 0.25) is 0 Å². The topological polar surface area (TPSA) is 92.9 Å². The molecule has 0 heterocycles. The first kappa shape index (κ1) is 19.8. The molecule has 1 amide bonds. The molecule has 0 saturated heterocycles. The van der Waals surface area contributed by atoms with Gasteiger partial charge in [-0.25, -0.2) is 9.59 Å². The van der Waals surface area contributed by atoms with Crippen molar-refractivity contribution in [3.05, 3.63) is 29.3 Å². The lowest BCUT2D eigenvalue weighted by atomic mass is 10.1. The van der Waals surface area contributed by atoms with Gasteiger partial charge in [-0.2, -0.15) is 0 Å². The standard InChI is InChI=1S/C18H28N2O4/c1-12(2)8-9-20(17(23)24-18(3,4)5)11-14-7-6-13(16(21)22)10-15(14)19/h6-7,10,12H,8-9,11,19H2,1-5H3,(H,21,22). The Bertz CT molecular complexity index is 591. The van der Waals surface area contributed by atoms with Crippen LogP contribution < -0.4 is 5.73 Å². The molecule has 0 aromatic heterocycles. The summed E-state index contributed by atoms with van der Waals surface area (Å²) in [6, 6.07) is 4.54. The van der Waals surface area contributed by atoms with E-state index in [0.29, 0.717) is 23.7 Å². The van der Waals surface area contributed by atoms with Gasteiger partial charge in [0.1, 0.15) is 5.60 Å². The number of ether oxygens (including phenoxy) is 1. The monoisotopic (exact) mass is 336 g/mol. The highest BCUT2D eigenvalue weighted by molar-refractivity contribution is 5.89. The first-order valence-corrected chi connectivity index (χ1v) is 8.09. The Balaban J connectivity index is 2.95. The smallest absolute Gasteiger partial charge is 0.410 e. The number of hydrogen-bond acceptors (Lipinski definition) is 4. The molecule has 0 aliphatic heterocycles. The summed E-state index contributed by atoms with van der Waals surface area (Å²) in [6.07, 6.45) is 0.441. The van der Waals surface area contributed by atoms with Gasteiger partial charge in [0.15, 0.2) is 0 Å². The summed E-state index contributed by atoms with van der Waals surface area (Å²) in [5, 5.41) is 9.00. The minimum absolute atomic E-state index is 0.127. The van der Waals surface area contributed by atoms with Gasteiger partial charge in [-0.05, 0) is 50.8 Å². The fourth-order valence-electron chi connectivity index (χ4n) is 2.05. The maximum absolute atomic E-state index is 12.4. The third-order valence-corrected chi connectivity index (χ3v) is 3.38. The fourth-order valence-corrected chi connectivity index (χ4v) is 2.05. The van der Waals surface area contributed by atoms with Crippen LogP contribution in [0.2, 0.25) is 0 Å². The van der Waals surface area contributed by atoms with E-state index in [1.54, 1.807) is 11.0 Å². The van der Waals surface area contributed by atoms with Gasteiger partial charge in [0.05, 0.1) is 12.1 Å². The van der Waals surface area contributed by atoms with E-state index >= 15 is 0 Å². The van der Waals surface area contributed by atoms with Crippen LogP contribution >= 0.6 is 0 Å². The van der Waals surface area contributed by atoms with Crippen molar-refractivity contribution in [2.24, 2.45) is 5.92 Å². The first-order chi connectivity index (χ1) is 11.0. The molecule has 0 radical (unpaired) electrons. The molecule has 6 nitrogen and oxygen atoms in total. The van der Waals surface area contributed by atoms with Crippen molar-refractivity contribution in [2.45, 2.75) is 53.2 Å². The molecule has 24 heavy (non-hydrogen) atoms. The number of amides is 1. The number of aromatic carboxylic acids is 1. The molecule has 3 N–H and O–H groups in total. The Morgan fingerprint density at radius 2 is 1.92 bits per heavy atom. The molecule has 1 rings (SSSR count). The molecule has 0 unspecified atom stereocenters. The summed E-state index contributed by atoms with van der Waals surface area (Å²) in [5.41, 5.74) is 6.56. The van der Waals surface area contributed by atoms with E-state index in [0.717, 1.165) is 6.42 Å². The SMILES string of the molecule is CC(C)CCN(Cc1ccc(C(=O)O)cc1N)C(=O)OC(C)(C)C. The molecular formula is C18H28N2O4. The zero-order valence-corrected chi connectivity index (χ0v) is 15.1. The number of nitrogen functional groups attached to an aromatic ring is 1. The lowest BCUT2D eigenvalue weighted by molar-refractivity contribution is 0.0226. The predicted octanol–water partition coefficient (Wildman–Crippen LogP) is 3.75. The van der Waals surface area contributed by atoms with Crippen LogP contribution in [0.3, 0.4) is 0 Å². The van der Waals surface area contributed by atoms with Crippen molar-refractivity contribution in [2.75, 3.05) is 12.3 Å². The van der Waals surface area contributed by atoms with Gasteiger partial charge < -0.3 is 20.5 Å². The summed E-state index contributed by atoms with van der Waals surface area (Å²) >= 11 is 0. The zero-order valence-electron chi connectivity index (χ0n) is 15.1. The van der Waals surface area contributed by atoms with Crippen molar-refractivity contribution >= 4 is 17.7 Å². The molecule has 0 aliphatic carbocycles. The number of nitrogens with zero attached hydrogens (tertiary/aromatic N) is 1. The Labute approximate surface area is 143 Å². The van der Waals surface area contributed by atoms with Crippen molar-refractivity contribution in [1.82, 2.24) is 4.90 Å². The van der Waals surface area contributed by atoms with E-state index in [1.807, 2.05) is 20.8 Å². The van der Waals surface area contributed by atoms with Gasteiger partial charge in [-0.3, -0.25) is 0 Å². The van der Waals surface area contributed by atoms with Crippen LogP contribution in [-0.2, 0) is 11.3 Å². The third-order valence-electron chi connectivity index (χ3n) is 3.38. The van der Waals surface area contributed by atoms with Crippen LogP contribution in [-0.4, -0.2) is 34.2 Å². The first-order valence-electron chi connectivity index (χ1n) is 8.09. The summed E-state index contributed by atoms with van der Waals surface area (Å²) in [7, 11) is 0. The minimum atomic E-state index is -1.03. The van der Waals surface area contributed by atoms with Gasteiger partial charge in [0.25, 0.3) is 0 Å². The molecule has 0 spiro atoms. The van der Waals surface area contributed by atoms with E-state index < -0.39 is 17.7 Å². The number of rotatable bonds is 6. The van der Waals surface area contributed by atoms with E-state index in [2.05, 4.69) is 13.8 Å². The Morgan fingerprint density at radius 3 is 2.38 bits per heavy atom. The molecule has 0 atom stereocenters. The predicted molar refractivity (Wildman–Crippen MR) is 93.9 cm³/mol. The number of anilines is 1. The minimum Gasteiger partial charge on any atom is -0.478 e. The van der Waals surface area contributed by atoms with Gasteiger partial charge in [-0.15, -0.1) is 0 Å². The number of carbonyl (C=O) groups excluding carboxylic acids is 1. The van der Waals surface area contributed by atoms with Crippen LogP contribution in [0.5, 0.6) is 0 Å². The third kappa shape index (κ3) is 6.48. The quantitative estimate of drug-likeness (QED) is 0.772. The normalized spacial score (nSPS) is 11.4. The van der Waals surface area contributed by atoms with Crippen molar-refractivity contribution in [3.8, 4) is 0 Å². The van der Waals surface area contributed by atoms with Gasteiger partial charge >= 0.3 is 12.1 Å². The van der Waals surface area contributed by atoms with Crippen LogP contribution in [0.25, 0.3) is 0 Å². The van der Waals surface area contributed by atoms with Crippen LogP contribution in [0, 0.1) is 5.92 Å². The molecule has 0 aliphatic rings. The van der Waals surface area contributed by atoms with E-state index in [1.165, 1.54) is 12.1 Å². The van der Waals surface area contributed by atoms with Crippen molar-refractivity contribution in [1.29, 1.82) is 0 Å². The number of carbonyl (C=O) groups is 2. The Hall–Kier alpha value is -2.24. The summed E-state index contributed by atoms with van der Waals surface area (Å²) < 4.78 is 5.46. The Kier molecular flexibility index (Phi) is 6.63. The Morgan fingerprint density at radius 1 is 1.29 bits per heavy atom. The van der Waals surface area contributed by atoms with Crippen molar-refractivity contribution < 1.29 is 19.4 Å². The zero-order chi connectivity index (χ0) is 18.5. The molecule has 0 bridgehead atoms. The molecule has 1 aromatic rings. The number of carboxylic acid groups (broad SMARTS) is 1. The highest BCUT2D eigenvalue weighted by Gasteiger charge is 2.23. The molecule has 6 heteroatoms. The number of nitrogens with two attached hydrogens (primary N) is 1. The molecule has 134 valence electrons. The molecule has 1 aromatic carbocycles. The molecular weight excluding hydrogens is 308 g/mol. The largest absolute Gasteiger partial charge is 0.478 e. The van der Waals surface area contributed by atoms with Gasteiger partial charge in [0, 0.05) is 12.2 Å². The summed E-state index contributed by atoms with van der Waals surface area (Å²) in [6.45, 7) is 10.5. The maximum Gasteiger partial charge on any atom is 0.410 e. The van der Waals surface area contributed by atoms with Crippen LogP contribution in [0.1, 0.15) is 57.0 Å². The van der Waals surface area contributed by atoms with Gasteiger partial charge in [-0.1, -0.05) is 19.9 Å². The summed E-state index contributed by atoms with van der Waals surface area (Å²) in [5.74, 6) is -0.585. The fraction of sp³-hybridized carbons (Fsp3) is 0.556. The second-order valence-electron chi connectivity index (χ2n) is 7.30. The molecule has 0 fully saturated rings. The van der Waals surface area contributed by atoms with Crippen LogP contribution in [0.4, 0.5) is 10.5 Å². The van der Waals surface area contributed by atoms with Crippen LogP contribution in [0.15, 0.2) is 18.2 Å². The lowest BCUT2D eigenvalue weighted by Crippen LogP contribution is -2.37. The number of hydrogen-bond donors (Lipinski definition) is 2. The average Bonchev–Trinajstić information content (AvgIpc) is 2.42. The van der Waals surface area contributed by atoms with Crippen molar-refractivity contribution in [3.63, 3.8) is 0 Å². The molecule has 0 saturated carbocycles. The number of benzene rings is 1. The maximum atomic E-state index is 12.4. The highest BCUT2D eigenvalue weighted by atomic mass is 16.6. The number of carboxylic acids is 1. The average molecular weight is 336 g/mol. The lowest BCUT2D eigenvalue weighted by Gasteiger charge is -2.28.